The summed E-state index contributed by atoms with van der Waals surface area (Å²) in [7, 11) is 0. The number of anilines is 2. The van der Waals surface area contributed by atoms with Gasteiger partial charge in [-0.15, -0.1) is 0 Å². The van der Waals surface area contributed by atoms with Crippen LogP contribution in [-0.2, 0) is 0 Å². The number of hydrogen-bond acceptors (Lipinski definition) is 2. The third kappa shape index (κ3) is 2.55. The van der Waals surface area contributed by atoms with Crippen molar-refractivity contribution in [3.63, 3.8) is 0 Å². The predicted molar refractivity (Wildman–Crippen MR) is 65.8 cm³/mol. The fourth-order valence-corrected chi connectivity index (χ4v) is 1.60. The number of hydrogen-bond donors (Lipinski definition) is 1. The van der Waals surface area contributed by atoms with Crippen molar-refractivity contribution in [2.24, 2.45) is 0 Å². The molecule has 2 aromatic carbocycles. The third-order valence-electron chi connectivity index (χ3n) is 2.25. The summed E-state index contributed by atoms with van der Waals surface area (Å²) in [6, 6.07) is 13.1. The van der Waals surface area contributed by atoms with Gasteiger partial charge in [-0.1, -0.05) is 23.7 Å². The van der Waals surface area contributed by atoms with Gasteiger partial charge in [-0.25, -0.2) is 4.39 Å². The third-order valence-corrected chi connectivity index (χ3v) is 2.48. The maximum Gasteiger partial charge on any atom is 0.146 e. The van der Waals surface area contributed by atoms with Gasteiger partial charge in [-0.3, -0.25) is 0 Å². The van der Waals surface area contributed by atoms with Crippen molar-refractivity contribution >= 4 is 23.0 Å². The van der Waals surface area contributed by atoms with Crippen LogP contribution in [0.4, 0.5) is 15.8 Å². The van der Waals surface area contributed by atoms with E-state index in [0.29, 0.717) is 22.0 Å². The molecule has 1 N–H and O–H groups in total. The summed E-state index contributed by atoms with van der Waals surface area (Å²) in [6.45, 7) is 0. The molecular weight excluding hydrogens is 239 g/mol. The van der Waals surface area contributed by atoms with Crippen molar-refractivity contribution in [3.8, 4) is 6.07 Å². The van der Waals surface area contributed by atoms with Crippen LogP contribution in [0, 0.1) is 17.1 Å². The molecule has 0 aliphatic heterocycles. The first-order chi connectivity index (χ1) is 8.20. The highest BCUT2D eigenvalue weighted by molar-refractivity contribution is 6.30. The number of nitriles is 1. The molecule has 2 nitrogen and oxygen atoms in total. The highest BCUT2D eigenvalue weighted by atomic mass is 35.5. The lowest BCUT2D eigenvalue weighted by atomic mass is 10.2. The Labute approximate surface area is 103 Å². The van der Waals surface area contributed by atoms with Gasteiger partial charge in [0.05, 0.1) is 16.9 Å². The second-order valence-electron chi connectivity index (χ2n) is 3.41. The van der Waals surface area contributed by atoms with Crippen LogP contribution in [0.15, 0.2) is 42.5 Å². The molecule has 0 bridgehead atoms. The topological polar surface area (TPSA) is 35.8 Å². The molecule has 0 fully saturated rings. The number of benzene rings is 2. The van der Waals surface area contributed by atoms with Gasteiger partial charge in [0, 0.05) is 5.02 Å². The Hall–Kier alpha value is -2.05. The molecule has 84 valence electrons. The van der Waals surface area contributed by atoms with Gasteiger partial charge in [-0.2, -0.15) is 5.26 Å². The average Bonchev–Trinajstić information content (AvgIpc) is 2.34. The first-order valence-electron chi connectivity index (χ1n) is 4.92. The number of halogens is 2. The molecule has 0 spiro atoms. The van der Waals surface area contributed by atoms with E-state index in [2.05, 4.69) is 5.32 Å². The molecule has 0 saturated heterocycles. The van der Waals surface area contributed by atoms with E-state index in [-0.39, 0.29) is 5.82 Å². The highest BCUT2D eigenvalue weighted by Gasteiger charge is 2.05. The van der Waals surface area contributed by atoms with E-state index in [1.807, 2.05) is 6.07 Å². The van der Waals surface area contributed by atoms with Gasteiger partial charge in [0.2, 0.25) is 0 Å². The molecule has 0 atom stereocenters. The van der Waals surface area contributed by atoms with Crippen LogP contribution in [0.5, 0.6) is 0 Å². The van der Waals surface area contributed by atoms with Crippen molar-refractivity contribution < 1.29 is 4.39 Å². The minimum Gasteiger partial charge on any atom is -0.352 e. The van der Waals surface area contributed by atoms with Crippen LogP contribution in [-0.4, -0.2) is 0 Å². The molecule has 0 unspecified atom stereocenters. The lowest BCUT2D eigenvalue weighted by molar-refractivity contribution is 0.632. The van der Waals surface area contributed by atoms with Gasteiger partial charge in [0.1, 0.15) is 11.9 Å². The lowest BCUT2D eigenvalue weighted by Crippen LogP contribution is -1.95. The Morgan fingerprint density at radius 1 is 1.12 bits per heavy atom. The van der Waals surface area contributed by atoms with Gasteiger partial charge >= 0.3 is 0 Å². The summed E-state index contributed by atoms with van der Waals surface area (Å²) in [6.07, 6.45) is 0. The molecule has 2 aromatic rings. The fourth-order valence-electron chi connectivity index (χ4n) is 1.43. The summed E-state index contributed by atoms with van der Waals surface area (Å²) in [5, 5.41) is 12.3. The maximum absolute atomic E-state index is 13.4. The molecule has 0 radical (unpaired) electrons. The molecule has 4 heteroatoms. The first kappa shape index (κ1) is 11.4. The summed E-state index contributed by atoms with van der Waals surface area (Å²) in [4.78, 5) is 0. The molecule has 0 heterocycles. The second kappa shape index (κ2) is 4.86. The zero-order valence-corrected chi connectivity index (χ0v) is 9.50. The molecular formula is C13H8ClFN2. The van der Waals surface area contributed by atoms with Crippen LogP contribution in [0.1, 0.15) is 5.56 Å². The van der Waals surface area contributed by atoms with Crippen molar-refractivity contribution in [1.29, 1.82) is 5.26 Å². The zero-order chi connectivity index (χ0) is 12.3. The number of nitrogens with zero attached hydrogens (tertiary/aromatic N) is 1. The predicted octanol–water partition coefficient (Wildman–Crippen LogP) is 4.09. The molecule has 0 amide bonds. The molecule has 0 saturated carbocycles. The molecule has 0 aliphatic carbocycles. The largest absolute Gasteiger partial charge is 0.352 e. The fraction of sp³-hybridized carbons (Fsp3) is 0. The van der Waals surface area contributed by atoms with Crippen LogP contribution in [0.25, 0.3) is 0 Å². The Kier molecular flexibility index (Phi) is 3.27. The molecule has 0 aliphatic rings. The van der Waals surface area contributed by atoms with Gasteiger partial charge in [-0.05, 0) is 30.3 Å². The van der Waals surface area contributed by atoms with E-state index < -0.39 is 0 Å². The normalized spacial score (nSPS) is 9.71. The number of nitrogens with one attached hydrogen (secondary N) is 1. The highest BCUT2D eigenvalue weighted by Crippen LogP contribution is 2.24. The van der Waals surface area contributed by atoms with Crippen LogP contribution < -0.4 is 5.32 Å². The molecule has 0 aromatic heterocycles. The average molecular weight is 247 g/mol. The quantitative estimate of drug-likeness (QED) is 0.866. The van der Waals surface area contributed by atoms with Crippen LogP contribution in [0.2, 0.25) is 5.02 Å². The van der Waals surface area contributed by atoms with E-state index in [9.17, 15) is 4.39 Å². The van der Waals surface area contributed by atoms with E-state index in [4.69, 9.17) is 16.9 Å². The Morgan fingerprint density at radius 3 is 2.59 bits per heavy atom. The van der Waals surface area contributed by atoms with Crippen molar-refractivity contribution in [3.05, 3.63) is 58.9 Å². The SMILES string of the molecule is N#Cc1cc(Cl)ccc1Nc1ccccc1F. The Balaban J connectivity index is 2.37. The minimum absolute atomic E-state index is 0.325. The van der Waals surface area contributed by atoms with Gasteiger partial charge < -0.3 is 5.32 Å². The minimum atomic E-state index is -0.369. The Bertz CT molecular complexity index is 590. The summed E-state index contributed by atoms with van der Waals surface area (Å²) >= 11 is 5.78. The van der Waals surface area contributed by atoms with E-state index in [0.717, 1.165) is 0 Å². The second-order valence-corrected chi connectivity index (χ2v) is 3.84. The first-order valence-corrected chi connectivity index (χ1v) is 5.29. The monoisotopic (exact) mass is 246 g/mol. The van der Waals surface area contributed by atoms with Crippen LogP contribution in [0.3, 0.4) is 0 Å². The van der Waals surface area contributed by atoms with Crippen molar-refractivity contribution in [2.45, 2.75) is 0 Å². The van der Waals surface area contributed by atoms with Gasteiger partial charge in [0.15, 0.2) is 0 Å². The standard InChI is InChI=1S/C13H8ClFN2/c14-10-5-6-12(9(7-10)8-16)17-13-4-2-1-3-11(13)15/h1-7,17H. The summed E-state index contributed by atoms with van der Waals surface area (Å²) in [5.74, 6) is -0.369. The number of rotatable bonds is 2. The molecule has 17 heavy (non-hydrogen) atoms. The number of para-hydroxylation sites is 1. The van der Waals surface area contributed by atoms with Crippen molar-refractivity contribution in [1.82, 2.24) is 0 Å². The van der Waals surface area contributed by atoms with Gasteiger partial charge in [0.25, 0.3) is 0 Å². The molecule has 2 rings (SSSR count). The summed E-state index contributed by atoms with van der Waals surface area (Å²) in [5.41, 5.74) is 1.23. The van der Waals surface area contributed by atoms with Crippen LogP contribution >= 0.6 is 11.6 Å². The lowest BCUT2D eigenvalue weighted by Gasteiger charge is -2.09. The van der Waals surface area contributed by atoms with Crippen molar-refractivity contribution in [2.75, 3.05) is 5.32 Å². The smallest absolute Gasteiger partial charge is 0.146 e. The van der Waals surface area contributed by atoms with E-state index in [1.54, 1.807) is 30.3 Å². The van der Waals surface area contributed by atoms with E-state index in [1.165, 1.54) is 12.1 Å². The van der Waals surface area contributed by atoms with E-state index >= 15 is 0 Å². The Morgan fingerprint density at radius 2 is 1.88 bits per heavy atom. The zero-order valence-electron chi connectivity index (χ0n) is 8.74. The summed E-state index contributed by atoms with van der Waals surface area (Å²) < 4.78 is 13.4. The maximum atomic E-state index is 13.4.